The van der Waals surface area contributed by atoms with Gasteiger partial charge in [0.1, 0.15) is 6.10 Å². The zero-order chi connectivity index (χ0) is 9.19. The first-order valence-electron chi connectivity index (χ1n) is 4.03. The third-order valence-electron chi connectivity index (χ3n) is 1.71. The first-order valence-corrected chi connectivity index (χ1v) is 5.84. The molecule has 0 aromatic heterocycles. The van der Waals surface area contributed by atoms with E-state index in [2.05, 4.69) is 11.1 Å². The van der Waals surface area contributed by atoms with Crippen molar-refractivity contribution in [3.05, 3.63) is 0 Å². The zero-order valence-electron chi connectivity index (χ0n) is 7.32. The molecule has 0 radical (unpaired) electrons. The highest BCUT2D eigenvalue weighted by atomic mass is 32.2. The lowest BCUT2D eigenvalue weighted by Gasteiger charge is -1.95. The van der Waals surface area contributed by atoms with Gasteiger partial charge in [-0.15, -0.1) is 0 Å². The van der Waals surface area contributed by atoms with Crippen LogP contribution in [-0.4, -0.2) is 33.5 Å². The highest BCUT2D eigenvalue weighted by Gasteiger charge is 2.38. The summed E-state index contributed by atoms with van der Waals surface area (Å²) < 4.78 is 30.8. The molecular weight excluding hydrogens is 180 g/mol. The monoisotopic (exact) mass is 194 g/mol. The minimum Gasteiger partial charge on any atom is -0.367 e. The lowest BCUT2D eigenvalue weighted by atomic mass is 10.2. The molecule has 0 amide bonds. The van der Waals surface area contributed by atoms with E-state index in [4.69, 9.17) is 4.74 Å². The van der Waals surface area contributed by atoms with Crippen molar-refractivity contribution in [3.8, 4) is 0 Å². The van der Waals surface area contributed by atoms with Gasteiger partial charge < -0.3 is 4.74 Å². The van der Waals surface area contributed by atoms with Gasteiger partial charge in [-0.2, -0.15) is 8.42 Å². The summed E-state index contributed by atoms with van der Waals surface area (Å²) in [6.45, 7) is 2.24. The van der Waals surface area contributed by atoms with E-state index in [9.17, 15) is 8.42 Å². The maximum atomic E-state index is 10.6. The summed E-state index contributed by atoms with van der Waals surface area (Å²) in [4.78, 5) is 0. The van der Waals surface area contributed by atoms with E-state index < -0.39 is 10.1 Å². The Morgan fingerprint density at radius 1 is 1.42 bits per heavy atom. The van der Waals surface area contributed by atoms with Gasteiger partial charge in [0.2, 0.25) is 0 Å². The van der Waals surface area contributed by atoms with E-state index in [1.165, 1.54) is 0 Å². The predicted octanol–water partition coefficient (Wildman–Crippen LogP) is 0.530. The van der Waals surface area contributed by atoms with Crippen LogP contribution < -0.4 is 0 Å². The van der Waals surface area contributed by atoms with Crippen molar-refractivity contribution in [3.63, 3.8) is 0 Å². The van der Waals surface area contributed by atoms with E-state index >= 15 is 0 Å². The summed E-state index contributed by atoms with van der Waals surface area (Å²) in [5, 5.41) is 0. The van der Waals surface area contributed by atoms with Crippen LogP contribution >= 0.6 is 0 Å². The van der Waals surface area contributed by atoms with E-state index in [-0.39, 0.29) is 18.8 Å². The van der Waals surface area contributed by atoms with Crippen LogP contribution in [0.15, 0.2) is 0 Å². The summed E-state index contributed by atoms with van der Waals surface area (Å²) in [7, 11) is -3.30. The van der Waals surface area contributed by atoms with Crippen LogP contribution in [-0.2, 0) is 19.0 Å². The number of hydrogen-bond acceptors (Lipinski definition) is 4. The second-order valence-corrected chi connectivity index (χ2v) is 4.63. The quantitative estimate of drug-likeness (QED) is 0.473. The molecule has 1 saturated heterocycles. The van der Waals surface area contributed by atoms with Gasteiger partial charge >= 0.3 is 0 Å². The fourth-order valence-electron chi connectivity index (χ4n) is 1.05. The number of ether oxygens (including phenoxy) is 1. The molecule has 1 aliphatic rings. The van der Waals surface area contributed by atoms with Crippen molar-refractivity contribution in [2.24, 2.45) is 0 Å². The lowest BCUT2D eigenvalue weighted by molar-refractivity contribution is 0.265. The third kappa shape index (κ3) is 3.51. The van der Waals surface area contributed by atoms with Crippen molar-refractivity contribution in [1.29, 1.82) is 0 Å². The molecule has 0 bridgehead atoms. The van der Waals surface area contributed by atoms with E-state index in [0.717, 1.165) is 19.1 Å². The Morgan fingerprint density at radius 3 is 2.58 bits per heavy atom. The van der Waals surface area contributed by atoms with Crippen LogP contribution in [0, 0.1) is 0 Å². The SMILES string of the molecule is CCC[C@H]1O[C@H]1COS(C)(=O)=O. The van der Waals surface area contributed by atoms with Gasteiger partial charge in [-0.1, -0.05) is 13.3 Å². The lowest BCUT2D eigenvalue weighted by Crippen LogP contribution is -2.10. The minimum atomic E-state index is -3.30. The van der Waals surface area contributed by atoms with Gasteiger partial charge in [0.25, 0.3) is 10.1 Å². The van der Waals surface area contributed by atoms with Crippen LogP contribution in [0.2, 0.25) is 0 Å². The summed E-state index contributed by atoms with van der Waals surface area (Å²) in [5.74, 6) is 0. The van der Waals surface area contributed by atoms with Gasteiger partial charge in [0, 0.05) is 0 Å². The largest absolute Gasteiger partial charge is 0.367 e. The standard InChI is InChI=1S/C7H14O4S/c1-3-4-6-7(11-6)5-10-12(2,8)9/h6-7H,3-5H2,1-2H3/t6-,7+/m1/s1. The van der Waals surface area contributed by atoms with E-state index in [0.29, 0.717) is 0 Å². The molecule has 0 spiro atoms. The van der Waals surface area contributed by atoms with E-state index in [1.54, 1.807) is 0 Å². The van der Waals surface area contributed by atoms with Crippen LogP contribution in [0.25, 0.3) is 0 Å². The Bertz CT molecular complexity index is 234. The molecule has 1 rings (SSSR count). The molecule has 5 heteroatoms. The van der Waals surface area contributed by atoms with Crippen LogP contribution in [0.1, 0.15) is 19.8 Å². The van der Waals surface area contributed by atoms with Crippen LogP contribution in [0.5, 0.6) is 0 Å². The molecular formula is C7H14O4S. The van der Waals surface area contributed by atoms with Gasteiger partial charge in [0.15, 0.2) is 0 Å². The molecule has 0 aromatic carbocycles. The van der Waals surface area contributed by atoms with Crippen molar-refractivity contribution < 1.29 is 17.3 Å². The summed E-state index contributed by atoms with van der Waals surface area (Å²) >= 11 is 0. The molecule has 72 valence electrons. The first kappa shape index (κ1) is 9.95. The maximum Gasteiger partial charge on any atom is 0.264 e. The molecule has 0 aromatic rings. The molecule has 12 heavy (non-hydrogen) atoms. The van der Waals surface area contributed by atoms with Gasteiger partial charge in [-0.05, 0) is 6.42 Å². The highest BCUT2D eigenvalue weighted by molar-refractivity contribution is 7.85. The summed E-state index contributed by atoms with van der Waals surface area (Å²) in [6.07, 6.45) is 3.30. The Morgan fingerprint density at radius 2 is 2.08 bits per heavy atom. The zero-order valence-corrected chi connectivity index (χ0v) is 8.13. The van der Waals surface area contributed by atoms with Crippen molar-refractivity contribution in [2.45, 2.75) is 32.0 Å². The van der Waals surface area contributed by atoms with Crippen molar-refractivity contribution in [1.82, 2.24) is 0 Å². The molecule has 4 nitrogen and oxygen atoms in total. The van der Waals surface area contributed by atoms with E-state index in [1.807, 2.05) is 0 Å². The Labute approximate surface area is 73.0 Å². The molecule has 0 saturated carbocycles. The van der Waals surface area contributed by atoms with Gasteiger partial charge in [-0.3, -0.25) is 4.18 Å². The van der Waals surface area contributed by atoms with Gasteiger partial charge in [-0.25, -0.2) is 0 Å². The Balaban J connectivity index is 2.12. The molecule has 2 atom stereocenters. The number of hydrogen-bond donors (Lipinski definition) is 0. The van der Waals surface area contributed by atoms with Crippen LogP contribution in [0.3, 0.4) is 0 Å². The smallest absolute Gasteiger partial charge is 0.264 e. The molecule has 1 heterocycles. The number of epoxide rings is 1. The maximum absolute atomic E-state index is 10.6. The second-order valence-electron chi connectivity index (χ2n) is 2.99. The Hall–Kier alpha value is -0.130. The fraction of sp³-hybridized carbons (Fsp3) is 1.00. The molecule has 0 aliphatic carbocycles. The van der Waals surface area contributed by atoms with Crippen LogP contribution in [0.4, 0.5) is 0 Å². The third-order valence-corrected chi connectivity index (χ3v) is 2.27. The molecule has 1 aliphatic heterocycles. The number of rotatable bonds is 5. The fourth-order valence-corrected chi connectivity index (χ4v) is 1.44. The molecule has 0 N–H and O–H groups in total. The second kappa shape index (κ2) is 3.72. The van der Waals surface area contributed by atoms with Crippen molar-refractivity contribution >= 4 is 10.1 Å². The average molecular weight is 194 g/mol. The topological polar surface area (TPSA) is 55.9 Å². The average Bonchev–Trinajstić information content (AvgIpc) is 2.63. The molecule has 1 fully saturated rings. The minimum absolute atomic E-state index is 0.000301. The highest BCUT2D eigenvalue weighted by Crippen LogP contribution is 2.26. The Kier molecular flexibility index (Phi) is 3.09. The molecule has 0 unspecified atom stereocenters. The predicted molar refractivity (Wildman–Crippen MR) is 44.4 cm³/mol. The van der Waals surface area contributed by atoms with Crippen molar-refractivity contribution in [2.75, 3.05) is 12.9 Å². The van der Waals surface area contributed by atoms with Gasteiger partial charge in [0.05, 0.1) is 19.0 Å². The summed E-state index contributed by atoms with van der Waals surface area (Å²) in [5.41, 5.74) is 0. The first-order chi connectivity index (χ1) is 5.53. The summed E-state index contributed by atoms with van der Waals surface area (Å²) in [6, 6.07) is 0. The normalized spacial score (nSPS) is 28.8.